The van der Waals surface area contributed by atoms with Crippen molar-refractivity contribution in [2.75, 3.05) is 13.1 Å². The summed E-state index contributed by atoms with van der Waals surface area (Å²) in [6, 6.07) is 3.17. The second-order valence-electron chi connectivity index (χ2n) is 3.94. The van der Waals surface area contributed by atoms with Gasteiger partial charge in [-0.1, -0.05) is 13.8 Å². The maximum atomic E-state index is 11.6. The van der Waals surface area contributed by atoms with E-state index in [-0.39, 0.29) is 11.8 Å². The van der Waals surface area contributed by atoms with E-state index in [4.69, 9.17) is 0 Å². The van der Waals surface area contributed by atoms with E-state index in [0.29, 0.717) is 24.3 Å². The smallest absolute Gasteiger partial charge is 0.269 e. The number of hydrogen-bond acceptors (Lipinski definition) is 3. The van der Waals surface area contributed by atoms with E-state index in [2.05, 4.69) is 15.6 Å². The third kappa shape index (κ3) is 4.16. The zero-order valence-electron chi connectivity index (χ0n) is 10.8. The molecule has 5 nitrogen and oxygen atoms in total. The van der Waals surface area contributed by atoms with Crippen molar-refractivity contribution in [2.45, 2.75) is 26.7 Å². The van der Waals surface area contributed by atoms with Crippen LogP contribution in [-0.2, 0) is 0 Å². The van der Waals surface area contributed by atoms with Crippen LogP contribution in [0.15, 0.2) is 18.3 Å². The molecule has 0 aliphatic heterocycles. The molecule has 0 aromatic carbocycles. The van der Waals surface area contributed by atoms with Crippen molar-refractivity contribution in [3.8, 4) is 0 Å². The van der Waals surface area contributed by atoms with Gasteiger partial charge in [-0.3, -0.25) is 14.6 Å². The minimum atomic E-state index is -0.211. The minimum Gasteiger partial charge on any atom is -0.352 e. The van der Waals surface area contributed by atoms with Crippen molar-refractivity contribution in [2.24, 2.45) is 0 Å². The van der Waals surface area contributed by atoms with Crippen LogP contribution in [0.2, 0.25) is 0 Å². The van der Waals surface area contributed by atoms with Crippen molar-refractivity contribution in [3.05, 3.63) is 29.6 Å². The molecule has 0 unspecified atom stereocenters. The lowest BCUT2D eigenvalue weighted by Gasteiger charge is -2.05. The lowest BCUT2D eigenvalue weighted by Crippen LogP contribution is -2.26. The molecular formula is C13H19N3O2. The first kappa shape index (κ1) is 14.2. The van der Waals surface area contributed by atoms with Gasteiger partial charge in [0.05, 0.1) is 5.56 Å². The van der Waals surface area contributed by atoms with Gasteiger partial charge in [-0.05, 0) is 25.0 Å². The first-order chi connectivity index (χ1) is 8.69. The zero-order valence-corrected chi connectivity index (χ0v) is 10.8. The molecule has 0 fully saturated rings. The Morgan fingerprint density at radius 1 is 1.06 bits per heavy atom. The summed E-state index contributed by atoms with van der Waals surface area (Å²) in [5.74, 6) is -0.373. The summed E-state index contributed by atoms with van der Waals surface area (Å²) in [5.41, 5.74) is 0.797. The number of amides is 2. The van der Waals surface area contributed by atoms with E-state index in [1.54, 1.807) is 12.1 Å². The van der Waals surface area contributed by atoms with Gasteiger partial charge in [0.2, 0.25) is 0 Å². The number of carbonyl (C=O) groups excluding carboxylic acids is 2. The lowest BCUT2D eigenvalue weighted by molar-refractivity contribution is 0.0937. The predicted molar refractivity (Wildman–Crippen MR) is 69.5 cm³/mol. The van der Waals surface area contributed by atoms with Crippen LogP contribution in [0.25, 0.3) is 0 Å². The Labute approximate surface area is 107 Å². The Balaban J connectivity index is 2.62. The molecule has 18 heavy (non-hydrogen) atoms. The number of nitrogens with one attached hydrogen (secondary N) is 2. The molecule has 1 aromatic rings. The summed E-state index contributed by atoms with van der Waals surface area (Å²) in [6.45, 7) is 5.23. The number of nitrogens with zero attached hydrogens (tertiary/aromatic N) is 1. The second kappa shape index (κ2) is 7.42. The van der Waals surface area contributed by atoms with E-state index < -0.39 is 0 Å². The molecular weight excluding hydrogens is 230 g/mol. The van der Waals surface area contributed by atoms with Gasteiger partial charge >= 0.3 is 0 Å². The summed E-state index contributed by atoms with van der Waals surface area (Å²) in [6.07, 6.45) is 3.19. The number of pyridine rings is 1. The van der Waals surface area contributed by atoms with Crippen molar-refractivity contribution in [3.63, 3.8) is 0 Å². The Morgan fingerprint density at radius 3 is 2.17 bits per heavy atom. The van der Waals surface area contributed by atoms with Gasteiger partial charge in [0, 0.05) is 19.3 Å². The van der Waals surface area contributed by atoms with Crippen LogP contribution >= 0.6 is 0 Å². The van der Waals surface area contributed by atoms with Gasteiger partial charge in [-0.15, -0.1) is 0 Å². The molecule has 1 heterocycles. The molecule has 0 spiro atoms. The molecule has 0 atom stereocenters. The number of rotatable bonds is 6. The summed E-state index contributed by atoms with van der Waals surface area (Å²) >= 11 is 0. The maximum Gasteiger partial charge on any atom is 0.269 e. The summed E-state index contributed by atoms with van der Waals surface area (Å²) < 4.78 is 0. The molecule has 0 aliphatic carbocycles. The molecule has 98 valence electrons. The van der Waals surface area contributed by atoms with Crippen LogP contribution in [-0.4, -0.2) is 29.9 Å². The van der Waals surface area contributed by atoms with Crippen molar-refractivity contribution >= 4 is 11.8 Å². The van der Waals surface area contributed by atoms with E-state index in [1.807, 2.05) is 13.8 Å². The van der Waals surface area contributed by atoms with Gasteiger partial charge in [0.1, 0.15) is 5.69 Å². The van der Waals surface area contributed by atoms with Crippen LogP contribution in [0.1, 0.15) is 47.5 Å². The number of aromatic nitrogens is 1. The molecule has 1 aromatic heterocycles. The molecule has 2 amide bonds. The number of carbonyl (C=O) groups is 2. The zero-order chi connectivity index (χ0) is 13.4. The highest BCUT2D eigenvalue weighted by Crippen LogP contribution is 2.00. The third-order valence-electron chi connectivity index (χ3n) is 2.33. The monoisotopic (exact) mass is 249 g/mol. The topological polar surface area (TPSA) is 71.1 Å². The summed E-state index contributed by atoms with van der Waals surface area (Å²) in [5, 5.41) is 5.48. The predicted octanol–water partition coefficient (Wildman–Crippen LogP) is 1.36. The van der Waals surface area contributed by atoms with Gasteiger partial charge in [-0.2, -0.15) is 0 Å². The van der Waals surface area contributed by atoms with Crippen molar-refractivity contribution in [1.82, 2.24) is 15.6 Å². The lowest BCUT2D eigenvalue weighted by atomic mass is 10.2. The van der Waals surface area contributed by atoms with Crippen molar-refractivity contribution < 1.29 is 9.59 Å². The fourth-order valence-electron chi connectivity index (χ4n) is 1.33. The molecule has 2 N–H and O–H groups in total. The quantitative estimate of drug-likeness (QED) is 0.799. The average Bonchev–Trinajstić information content (AvgIpc) is 2.42. The van der Waals surface area contributed by atoms with Gasteiger partial charge in [-0.25, -0.2) is 0 Å². The standard InChI is InChI=1S/C13H19N3O2/c1-3-7-14-12(17)10-5-6-11(16-9-10)13(18)15-8-4-2/h5-6,9H,3-4,7-8H2,1-2H3,(H,14,17)(H,15,18). The molecule has 5 heteroatoms. The average molecular weight is 249 g/mol. The van der Waals surface area contributed by atoms with Crippen LogP contribution in [0.5, 0.6) is 0 Å². The van der Waals surface area contributed by atoms with Gasteiger partial charge in [0.25, 0.3) is 11.8 Å². The van der Waals surface area contributed by atoms with E-state index in [9.17, 15) is 9.59 Å². The molecule has 0 aliphatic rings. The molecule has 0 saturated heterocycles. The second-order valence-corrected chi connectivity index (χ2v) is 3.94. The van der Waals surface area contributed by atoms with E-state index >= 15 is 0 Å². The van der Waals surface area contributed by atoms with Gasteiger partial charge < -0.3 is 10.6 Å². The van der Waals surface area contributed by atoms with Crippen LogP contribution in [0, 0.1) is 0 Å². The normalized spacial score (nSPS) is 9.89. The van der Waals surface area contributed by atoms with Crippen molar-refractivity contribution in [1.29, 1.82) is 0 Å². The van der Waals surface area contributed by atoms with Gasteiger partial charge in [0.15, 0.2) is 0 Å². The highest BCUT2D eigenvalue weighted by atomic mass is 16.2. The largest absolute Gasteiger partial charge is 0.352 e. The summed E-state index contributed by atoms with van der Waals surface area (Å²) in [4.78, 5) is 27.2. The maximum absolute atomic E-state index is 11.6. The summed E-state index contributed by atoms with van der Waals surface area (Å²) in [7, 11) is 0. The van der Waals surface area contributed by atoms with E-state index in [1.165, 1.54) is 6.20 Å². The Bertz CT molecular complexity index is 362. The third-order valence-corrected chi connectivity index (χ3v) is 2.33. The fourth-order valence-corrected chi connectivity index (χ4v) is 1.33. The Hall–Kier alpha value is -1.91. The molecule has 0 bridgehead atoms. The van der Waals surface area contributed by atoms with Crippen LogP contribution in [0.4, 0.5) is 0 Å². The minimum absolute atomic E-state index is 0.162. The Kier molecular flexibility index (Phi) is 5.84. The van der Waals surface area contributed by atoms with Crippen LogP contribution in [0.3, 0.4) is 0 Å². The Morgan fingerprint density at radius 2 is 1.67 bits per heavy atom. The van der Waals surface area contributed by atoms with E-state index in [0.717, 1.165) is 12.8 Å². The fraction of sp³-hybridized carbons (Fsp3) is 0.462. The molecule has 0 saturated carbocycles. The highest BCUT2D eigenvalue weighted by molar-refractivity contribution is 5.96. The first-order valence-electron chi connectivity index (χ1n) is 6.21. The number of hydrogen-bond donors (Lipinski definition) is 2. The SMILES string of the molecule is CCCNC(=O)c1ccc(C(=O)NCCC)nc1. The first-order valence-corrected chi connectivity index (χ1v) is 6.21. The molecule has 0 radical (unpaired) electrons. The highest BCUT2D eigenvalue weighted by Gasteiger charge is 2.09. The van der Waals surface area contributed by atoms with Crippen LogP contribution < -0.4 is 10.6 Å². The molecule has 1 rings (SSSR count).